The van der Waals surface area contributed by atoms with Crippen LogP contribution in [0.4, 0.5) is 5.82 Å². The predicted octanol–water partition coefficient (Wildman–Crippen LogP) is 1.82. The second kappa shape index (κ2) is 5.61. The number of thioether (sulfide) groups is 1. The highest BCUT2D eigenvalue weighted by Crippen LogP contribution is 2.24. The third kappa shape index (κ3) is 2.53. The Bertz CT molecular complexity index is 678. The van der Waals surface area contributed by atoms with E-state index in [1.807, 2.05) is 6.26 Å². The predicted molar refractivity (Wildman–Crippen MR) is 76.7 cm³/mol. The lowest BCUT2D eigenvalue weighted by Crippen LogP contribution is -2.20. The molecule has 0 bridgehead atoms. The number of fused-ring (bicyclic) bond motifs is 1. The minimum atomic E-state index is 0.215. The van der Waals surface area contributed by atoms with E-state index in [9.17, 15) is 0 Å². The molecule has 1 aliphatic rings. The zero-order valence-electron chi connectivity index (χ0n) is 11.0. The van der Waals surface area contributed by atoms with Crippen LogP contribution in [0.5, 0.6) is 0 Å². The molecule has 0 aromatic carbocycles. The average Bonchev–Trinajstić information content (AvgIpc) is 2.99. The minimum absolute atomic E-state index is 0.215. The maximum absolute atomic E-state index is 9.07. The summed E-state index contributed by atoms with van der Waals surface area (Å²) in [4.78, 5) is 13.1. The Labute approximate surface area is 120 Å². The lowest BCUT2D eigenvalue weighted by molar-refractivity contribution is 0.195. The van der Waals surface area contributed by atoms with E-state index in [2.05, 4.69) is 26.3 Å². The number of aromatic nitrogens is 3. The molecule has 1 atom stereocenters. The van der Waals surface area contributed by atoms with Crippen LogP contribution in [0.1, 0.15) is 12.1 Å². The fraction of sp³-hybridized carbons (Fsp3) is 0.385. The van der Waals surface area contributed by atoms with Gasteiger partial charge in [0, 0.05) is 18.2 Å². The molecule has 0 aliphatic carbocycles. The van der Waals surface area contributed by atoms with Gasteiger partial charge >= 0.3 is 0 Å². The van der Waals surface area contributed by atoms with Gasteiger partial charge in [0.05, 0.1) is 12.6 Å². The number of hydrogen-bond acceptors (Lipinski definition) is 7. The summed E-state index contributed by atoms with van der Waals surface area (Å²) >= 11 is 1.48. The van der Waals surface area contributed by atoms with Gasteiger partial charge in [-0.3, -0.25) is 0 Å². The molecule has 2 aromatic rings. The minimum Gasteiger partial charge on any atom is -0.379 e. The number of ether oxygens (including phenoxy) is 1. The molecule has 6 nitrogen and oxygen atoms in total. The second-order valence-corrected chi connectivity index (χ2v) is 5.24. The van der Waals surface area contributed by atoms with Crippen LogP contribution in [0.25, 0.3) is 10.9 Å². The summed E-state index contributed by atoms with van der Waals surface area (Å²) in [6.45, 7) is 1.40. The first kappa shape index (κ1) is 13.1. The van der Waals surface area contributed by atoms with E-state index in [1.54, 1.807) is 12.3 Å². The van der Waals surface area contributed by atoms with Gasteiger partial charge < -0.3 is 10.1 Å². The van der Waals surface area contributed by atoms with Crippen molar-refractivity contribution in [2.45, 2.75) is 17.6 Å². The fourth-order valence-corrected chi connectivity index (χ4v) is 2.46. The van der Waals surface area contributed by atoms with Gasteiger partial charge in [0.15, 0.2) is 11.0 Å². The number of nitriles is 1. The molecule has 20 heavy (non-hydrogen) atoms. The van der Waals surface area contributed by atoms with Crippen LogP contribution in [0, 0.1) is 11.3 Å². The van der Waals surface area contributed by atoms with Crippen molar-refractivity contribution in [3.05, 3.63) is 18.0 Å². The topological polar surface area (TPSA) is 83.7 Å². The van der Waals surface area contributed by atoms with Gasteiger partial charge in [-0.15, -0.1) is 0 Å². The van der Waals surface area contributed by atoms with Crippen molar-refractivity contribution < 1.29 is 4.74 Å². The lowest BCUT2D eigenvalue weighted by atomic mass is 10.2. The maximum atomic E-state index is 9.07. The lowest BCUT2D eigenvalue weighted by Gasteiger charge is -2.13. The number of pyridine rings is 1. The van der Waals surface area contributed by atoms with E-state index in [0.29, 0.717) is 23.3 Å². The number of anilines is 1. The summed E-state index contributed by atoms with van der Waals surface area (Å²) in [5.74, 6) is 0.632. The van der Waals surface area contributed by atoms with Crippen LogP contribution >= 0.6 is 11.8 Å². The molecule has 2 aromatic heterocycles. The summed E-state index contributed by atoms with van der Waals surface area (Å²) in [5, 5.41) is 13.9. The number of nitrogens with zero attached hydrogens (tertiary/aromatic N) is 4. The maximum Gasteiger partial charge on any atom is 0.187 e. The Balaban J connectivity index is 2.08. The fourth-order valence-electron chi connectivity index (χ4n) is 2.12. The van der Waals surface area contributed by atoms with Crippen LogP contribution < -0.4 is 5.32 Å². The Morgan fingerprint density at radius 2 is 2.40 bits per heavy atom. The molecule has 0 amide bonds. The normalized spacial score (nSPS) is 18.1. The summed E-state index contributed by atoms with van der Waals surface area (Å²) in [6.07, 6.45) is 4.59. The Morgan fingerprint density at radius 3 is 3.10 bits per heavy atom. The van der Waals surface area contributed by atoms with Crippen molar-refractivity contribution in [3.8, 4) is 6.07 Å². The van der Waals surface area contributed by atoms with E-state index in [0.717, 1.165) is 23.9 Å². The van der Waals surface area contributed by atoms with Crippen molar-refractivity contribution >= 4 is 28.5 Å². The first-order chi connectivity index (χ1) is 9.80. The molecule has 3 rings (SSSR count). The number of hydrogen-bond donors (Lipinski definition) is 1. The van der Waals surface area contributed by atoms with E-state index in [-0.39, 0.29) is 6.04 Å². The van der Waals surface area contributed by atoms with Gasteiger partial charge in [0.1, 0.15) is 17.3 Å². The van der Waals surface area contributed by atoms with Crippen LogP contribution in [-0.4, -0.2) is 40.5 Å². The van der Waals surface area contributed by atoms with Gasteiger partial charge in [0.2, 0.25) is 0 Å². The Kier molecular flexibility index (Phi) is 3.67. The molecular weight excluding hydrogens is 274 g/mol. The van der Waals surface area contributed by atoms with E-state index >= 15 is 0 Å². The van der Waals surface area contributed by atoms with Crippen molar-refractivity contribution in [3.63, 3.8) is 0 Å². The third-order valence-corrected chi connectivity index (χ3v) is 3.67. The zero-order valence-corrected chi connectivity index (χ0v) is 11.8. The number of rotatable bonds is 3. The van der Waals surface area contributed by atoms with Gasteiger partial charge in [0.25, 0.3) is 0 Å². The molecular formula is C13H13N5OS. The average molecular weight is 287 g/mol. The number of nitrogens with one attached hydrogen (secondary N) is 1. The van der Waals surface area contributed by atoms with Crippen LogP contribution in [0.15, 0.2) is 17.4 Å². The molecule has 7 heteroatoms. The molecule has 102 valence electrons. The van der Waals surface area contributed by atoms with Crippen LogP contribution in [0.2, 0.25) is 0 Å². The molecule has 1 aliphatic heterocycles. The molecule has 0 radical (unpaired) electrons. The summed E-state index contributed by atoms with van der Waals surface area (Å²) in [5.41, 5.74) is 1.11. The van der Waals surface area contributed by atoms with Gasteiger partial charge in [-0.05, 0) is 18.7 Å². The third-order valence-electron chi connectivity index (χ3n) is 3.11. The second-order valence-electron chi connectivity index (χ2n) is 4.47. The van der Waals surface area contributed by atoms with Crippen LogP contribution in [-0.2, 0) is 4.74 Å². The summed E-state index contributed by atoms with van der Waals surface area (Å²) in [7, 11) is 0. The molecule has 1 fully saturated rings. The Morgan fingerprint density at radius 1 is 1.50 bits per heavy atom. The van der Waals surface area contributed by atoms with Gasteiger partial charge in [-0.1, -0.05) is 11.8 Å². The zero-order chi connectivity index (χ0) is 13.9. The standard InChI is InChI=1S/C13H13N5OS/c1-20-13-15-6-8-4-10(5-14)17-12(11(8)18-13)16-9-2-3-19-7-9/h4,6,9H,2-3,7H2,1H3,(H,16,17)/t9-/m1/s1. The summed E-state index contributed by atoms with van der Waals surface area (Å²) < 4.78 is 5.35. The molecule has 0 saturated carbocycles. The molecule has 3 heterocycles. The smallest absolute Gasteiger partial charge is 0.187 e. The first-order valence-electron chi connectivity index (χ1n) is 6.26. The van der Waals surface area contributed by atoms with E-state index in [1.165, 1.54) is 11.8 Å². The van der Waals surface area contributed by atoms with Crippen molar-refractivity contribution in [2.24, 2.45) is 0 Å². The molecule has 0 spiro atoms. The van der Waals surface area contributed by atoms with E-state index < -0.39 is 0 Å². The van der Waals surface area contributed by atoms with Gasteiger partial charge in [-0.25, -0.2) is 15.0 Å². The van der Waals surface area contributed by atoms with Crippen molar-refractivity contribution in [2.75, 3.05) is 24.8 Å². The first-order valence-corrected chi connectivity index (χ1v) is 7.49. The summed E-state index contributed by atoms with van der Waals surface area (Å²) in [6, 6.07) is 3.99. The highest BCUT2D eigenvalue weighted by Gasteiger charge is 2.18. The largest absolute Gasteiger partial charge is 0.379 e. The highest BCUT2D eigenvalue weighted by molar-refractivity contribution is 7.98. The Hall–Kier alpha value is -1.91. The van der Waals surface area contributed by atoms with Crippen molar-refractivity contribution in [1.29, 1.82) is 5.26 Å². The van der Waals surface area contributed by atoms with E-state index in [4.69, 9.17) is 10.00 Å². The van der Waals surface area contributed by atoms with Crippen molar-refractivity contribution in [1.82, 2.24) is 15.0 Å². The molecule has 1 saturated heterocycles. The highest BCUT2D eigenvalue weighted by atomic mass is 32.2. The SMILES string of the molecule is CSc1ncc2cc(C#N)nc(N[C@@H]3CCOC3)c2n1. The van der Waals surface area contributed by atoms with Gasteiger partial charge in [-0.2, -0.15) is 5.26 Å². The van der Waals surface area contributed by atoms with Crippen LogP contribution in [0.3, 0.4) is 0 Å². The monoisotopic (exact) mass is 287 g/mol. The molecule has 0 unspecified atom stereocenters. The molecule has 1 N–H and O–H groups in total. The quantitative estimate of drug-likeness (QED) is 0.681.